The minimum Gasteiger partial charge on any atom is -0.386 e. The molecular formula is C15H21FN4O. The normalized spacial score (nSPS) is 17.6. The van der Waals surface area contributed by atoms with Gasteiger partial charge < -0.3 is 16.4 Å². The van der Waals surface area contributed by atoms with Gasteiger partial charge in [-0.15, -0.1) is 0 Å². The molecule has 0 radical (unpaired) electrons. The second kappa shape index (κ2) is 6.56. The van der Waals surface area contributed by atoms with E-state index in [2.05, 4.69) is 10.6 Å². The lowest BCUT2D eigenvalue weighted by molar-refractivity contribution is 0.241. The molecule has 2 amide bonds. The highest BCUT2D eigenvalue weighted by molar-refractivity contribution is 5.96. The topological polar surface area (TPSA) is 91.0 Å². The summed E-state index contributed by atoms with van der Waals surface area (Å²) in [5.41, 5.74) is 5.31. The molecule has 0 saturated heterocycles. The third kappa shape index (κ3) is 3.93. The number of rotatable bonds is 3. The molecule has 0 unspecified atom stereocenters. The highest BCUT2D eigenvalue weighted by Gasteiger charge is 2.35. The molecule has 2 rings (SSSR count). The Morgan fingerprint density at radius 2 is 1.90 bits per heavy atom. The molecule has 1 aromatic carbocycles. The number of hydrogen-bond donors (Lipinski definition) is 4. The predicted molar refractivity (Wildman–Crippen MR) is 80.9 cm³/mol. The lowest BCUT2D eigenvalue weighted by atomic mass is 9.89. The third-order valence-corrected chi connectivity index (χ3v) is 3.91. The predicted octanol–water partition coefficient (Wildman–Crippen LogP) is 2.98. The van der Waals surface area contributed by atoms with Crippen molar-refractivity contribution in [2.24, 2.45) is 5.73 Å². The van der Waals surface area contributed by atoms with Crippen LogP contribution in [0.15, 0.2) is 24.3 Å². The zero-order valence-corrected chi connectivity index (χ0v) is 11.9. The Labute approximate surface area is 123 Å². The van der Waals surface area contributed by atoms with Crippen molar-refractivity contribution in [2.75, 3.05) is 5.32 Å². The molecular weight excluding hydrogens is 271 g/mol. The minimum atomic E-state index is -0.784. The van der Waals surface area contributed by atoms with E-state index in [0.29, 0.717) is 18.5 Å². The van der Waals surface area contributed by atoms with Crippen LogP contribution >= 0.6 is 0 Å². The van der Waals surface area contributed by atoms with Gasteiger partial charge in [0.1, 0.15) is 11.7 Å². The van der Waals surface area contributed by atoms with E-state index in [1.165, 1.54) is 18.2 Å². The van der Waals surface area contributed by atoms with E-state index < -0.39 is 17.4 Å². The zero-order valence-electron chi connectivity index (χ0n) is 11.9. The van der Waals surface area contributed by atoms with Gasteiger partial charge in [0, 0.05) is 5.69 Å². The smallest absolute Gasteiger partial charge is 0.320 e. The lowest BCUT2D eigenvalue weighted by Gasteiger charge is -2.32. The lowest BCUT2D eigenvalue weighted by Crippen LogP contribution is -2.57. The van der Waals surface area contributed by atoms with Crippen molar-refractivity contribution in [3.05, 3.63) is 30.1 Å². The summed E-state index contributed by atoms with van der Waals surface area (Å²) in [6.07, 6.45) is 5.36. The second-order valence-corrected chi connectivity index (χ2v) is 5.50. The molecule has 0 atom stereocenters. The summed E-state index contributed by atoms with van der Waals surface area (Å²) in [7, 11) is 0. The van der Waals surface area contributed by atoms with Gasteiger partial charge in [-0.05, 0) is 31.0 Å². The van der Waals surface area contributed by atoms with E-state index in [-0.39, 0.29) is 5.84 Å². The van der Waals surface area contributed by atoms with Gasteiger partial charge in [0.15, 0.2) is 0 Å². The standard InChI is InChI=1S/C15H21FN4O/c16-11-6-5-7-12(10-11)19-14(21)20-15(13(17)18)8-3-1-2-4-9-15/h5-7,10H,1-4,8-9H2,(H3,17,18)(H2,19,20,21). The molecule has 5 nitrogen and oxygen atoms in total. The maximum Gasteiger partial charge on any atom is 0.320 e. The molecule has 6 heteroatoms. The number of benzene rings is 1. The number of anilines is 1. The van der Waals surface area contributed by atoms with Gasteiger partial charge in [0.2, 0.25) is 0 Å². The van der Waals surface area contributed by atoms with Crippen molar-refractivity contribution in [1.82, 2.24) is 5.32 Å². The van der Waals surface area contributed by atoms with Gasteiger partial charge in [-0.25, -0.2) is 9.18 Å². The number of carbonyl (C=O) groups is 1. The van der Waals surface area contributed by atoms with E-state index in [4.69, 9.17) is 11.1 Å². The van der Waals surface area contributed by atoms with Gasteiger partial charge >= 0.3 is 6.03 Å². The minimum absolute atomic E-state index is 0.0150. The van der Waals surface area contributed by atoms with Crippen LogP contribution in [0.5, 0.6) is 0 Å². The number of urea groups is 1. The van der Waals surface area contributed by atoms with Gasteiger partial charge in [-0.3, -0.25) is 5.41 Å². The van der Waals surface area contributed by atoms with Crippen molar-refractivity contribution in [3.8, 4) is 0 Å². The molecule has 1 aliphatic carbocycles. The van der Waals surface area contributed by atoms with Crippen molar-refractivity contribution in [1.29, 1.82) is 5.41 Å². The summed E-state index contributed by atoms with van der Waals surface area (Å²) in [5, 5.41) is 13.2. The molecule has 0 aromatic heterocycles. The number of amidine groups is 1. The Bertz CT molecular complexity index is 524. The Balaban J connectivity index is 2.06. The zero-order chi connectivity index (χ0) is 15.3. The van der Waals surface area contributed by atoms with Crippen molar-refractivity contribution < 1.29 is 9.18 Å². The van der Waals surface area contributed by atoms with Gasteiger partial charge in [0.25, 0.3) is 0 Å². The first-order valence-electron chi connectivity index (χ1n) is 7.21. The van der Waals surface area contributed by atoms with Crippen LogP contribution in [0, 0.1) is 11.2 Å². The Kier molecular flexibility index (Phi) is 4.77. The van der Waals surface area contributed by atoms with Gasteiger partial charge in [-0.2, -0.15) is 0 Å². The molecule has 1 aliphatic rings. The maximum absolute atomic E-state index is 13.1. The van der Waals surface area contributed by atoms with Crippen LogP contribution in [0.25, 0.3) is 0 Å². The van der Waals surface area contributed by atoms with Crippen molar-refractivity contribution in [2.45, 2.75) is 44.1 Å². The largest absolute Gasteiger partial charge is 0.386 e. The van der Waals surface area contributed by atoms with Gasteiger partial charge in [0.05, 0.1) is 5.54 Å². The van der Waals surface area contributed by atoms with E-state index in [1.807, 2.05) is 0 Å². The van der Waals surface area contributed by atoms with Crippen LogP contribution in [0.4, 0.5) is 14.9 Å². The van der Waals surface area contributed by atoms with E-state index in [9.17, 15) is 9.18 Å². The Morgan fingerprint density at radius 3 is 2.48 bits per heavy atom. The summed E-state index contributed by atoms with van der Waals surface area (Å²) in [6, 6.07) is 5.23. The molecule has 0 heterocycles. The first-order chi connectivity index (χ1) is 10.0. The highest BCUT2D eigenvalue weighted by atomic mass is 19.1. The van der Waals surface area contributed by atoms with Crippen molar-refractivity contribution >= 4 is 17.6 Å². The third-order valence-electron chi connectivity index (χ3n) is 3.91. The number of halogens is 1. The Hall–Kier alpha value is -2.11. The molecule has 0 spiro atoms. The number of nitrogens with two attached hydrogens (primary N) is 1. The van der Waals surface area contributed by atoms with Crippen LogP contribution in [-0.4, -0.2) is 17.4 Å². The van der Waals surface area contributed by atoms with Crippen LogP contribution in [0.1, 0.15) is 38.5 Å². The summed E-state index contributed by atoms with van der Waals surface area (Å²) in [6.45, 7) is 0. The molecule has 0 aliphatic heterocycles. The average molecular weight is 292 g/mol. The molecule has 114 valence electrons. The maximum atomic E-state index is 13.1. The fraction of sp³-hybridized carbons (Fsp3) is 0.467. The SMILES string of the molecule is N=C(N)C1(NC(=O)Nc2cccc(F)c2)CCCCCC1. The monoisotopic (exact) mass is 292 g/mol. The molecule has 21 heavy (non-hydrogen) atoms. The summed E-state index contributed by atoms with van der Waals surface area (Å²) in [4.78, 5) is 12.1. The molecule has 1 fully saturated rings. The fourth-order valence-electron chi connectivity index (χ4n) is 2.74. The molecule has 0 bridgehead atoms. The highest BCUT2D eigenvalue weighted by Crippen LogP contribution is 2.27. The summed E-state index contributed by atoms with van der Waals surface area (Å²) < 4.78 is 13.1. The average Bonchev–Trinajstić information content (AvgIpc) is 2.65. The van der Waals surface area contributed by atoms with E-state index in [0.717, 1.165) is 25.7 Å². The molecule has 5 N–H and O–H groups in total. The molecule has 1 saturated carbocycles. The van der Waals surface area contributed by atoms with E-state index in [1.54, 1.807) is 6.07 Å². The quantitative estimate of drug-likeness (QED) is 0.392. The van der Waals surface area contributed by atoms with Crippen molar-refractivity contribution in [3.63, 3.8) is 0 Å². The number of hydrogen-bond acceptors (Lipinski definition) is 2. The van der Waals surface area contributed by atoms with Crippen LogP contribution in [0.3, 0.4) is 0 Å². The first-order valence-corrected chi connectivity index (χ1v) is 7.21. The first kappa shape index (κ1) is 15.3. The van der Waals surface area contributed by atoms with Crippen LogP contribution in [0.2, 0.25) is 0 Å². The van der Waals surface area contributed by atoms with E-state index >= 15 is 0 Å². The van der Waals surface area contributed by atoms with Crippen LogP contribution < -0.4 is 16.4 Å². The second-order valence-electron chi connectivity index (χ2n) is 5.50. The number of nitrogens with one attached hydrogen (secondary N) is 3. The Morgan fingerprint density at radius 1 is 1.24 bits per heavy atom. The van der Waals surface area contributed by atoms with Crippen LogP contribution in [-0.2, 0) is 0 Å². The summed E-state index contributed by atoms with van der Waals surface area (Å²) in [5.74, 6) is -0.428. The fourth-order valence-corrected chi connectivity index (χ4v) is 2.74. The molecule has 1 aromatic rings. The van der Waals surface area contributed by atoms with Gasteiger partial charge in [-0.1, -0.05) is 31.7 Å². The number of amides is 2. The number of carbonyl (C=O) groups excluding carboxylic acids is 1. The summed E-state index contributed by atoms with van der Waals surface area (Å²) >= 11 is 0.